The van der Waals surface area contributed by atoms with Crippen molar-refractivity contribution in [1.82, 2.24) is 0 Å². The third kappa shape index (κ3) is 37.7. The highest BCUT2D eigenvalue weighted by Gasteiger charge is 2.16. The first-order valence-electron chi connectivity index (χ1n) is 21.6. The van der Waals surface area contributed by atoms with Crippen LogP contribution in [0.25, 0.3) is 0 Å². The van der Waals surface area contributed by atoms with E-state index in [1.54, 1.807) is 0 Å². The highest BCUT2D eigenvalue weighted by atomic mass is 16.6. The average Bonchev–Trinajstić information content (AvgIpc) is 3.09. The van der Waals surface area contributed by atoms with Gasteiger partial charge >= 0.3 is 11.9 Å². The van der Waals surface area contributed by atoms with Gasteiger partial charge < -0.3 is 14.6 Å². The van der Waals surface area contributed by atoms with Crippen LogP contribution in [0.3, 0.4) is 0 Å². The van der Waals surface area contributed by atoms with Crippen molar-refractivity contribution in [3.8, 4) is 0 Å². The fourth-order valence-corrected chi connectivity index (χ4v) is 6.62. The third-order valence-corrected chi connectivity index (χ3v) is 9.90. The van der Waals surface area contributed by atoms with E-state index in [4.69, 9.17) is 9.47 Å². The van der Waals surface area contributed by atoms with E-state index in [2.05, 4.69) is 13.8 Å². The quantitative estimate of drug-likeness (QED) is 0.0515. The van der Waals surface area contributed by atoms with Crippen LogP contribution >= 0.6 is 0 Å². The Morgan fingerprint density at radius 2 is 0.646 bits per heavy atom. The molecule has 286 valence electrons. The first-order valence-corrected chi connectivity index (χ1v) is 21.6. The van der Waals surface area contributed by atoms with Crippen molar-refractivity contribution in [3.63, 3.8) is 0 Å². The second-order valence-corrected chi connectivity index (χ2v) is 14.8. The summed E-state index contributed by atoms with van der Waals surface area (Å²) in [5.41, 5.74) is 0. The van der Waals surface area contributed by atoms with Gasteiger partial charge in [0.1, 0.15) is 6.61 Å². The molecule has 0 aliphatic carbocycles. The molecule has 0 amide bonds. The van der Waals surface area contributed by atoms with Gasteiger partial charge in [-0.25, -0.2) is 0 Å². The molecule has 48 heavy (non-hydrogen) atoms. The Morgan fingerprint density at radius 3 is 0.917 bits per heavy atom. The summed E-state index contributed by atoms with van der Waals surface area (Å²) in [6, 6.07) is 0. The Labute approximate surface area is 299 Å². The minimum atomic E-state index is -0.761. The lowest BCUT2D eigenvalue weighted by Gasteiger charge is -2.15. The Balaban J connectivity index is 3.46. The first-order chi connectivity index (χ1) is 23.6. The van der Waals surface area contributed by atoms with E-state index in [9.17, 15) is 14.7 Å². The number of carbonyl (C=O) groups is 2. The zero-order chi connectivity index (χ0) is 35.0. The second kappa shape index (κ2) is 40.3. The van der Waals surface area contributed by atoms with Crippen molar-refractivity contribution < 1.29 is 24.2 Å². The minimum Gasteiger partial charge on any atom is -0.462 e. The molecule has 1 atom stereocenters. The Hall–Kier alpha value is -1.10. The smallest absolute Gasteiger partial charge is 0.306 e. The number of carbonyl (C=O) groups excluding carboxylic acids is 2. The van der Waals surface area contributed by atoms with Gasteiger partial charge in [-0.3, -0.25) is 9.59 Å². The summed E-state index contributed by atoms with van der Waals surface area (Å²) in [6.07, 6.45) is 44.6. The molecule has 1 unspecified atom stereocenters. The van der Waals surface area contributed by atoms with Gasteiger partial charge in [0, 0.05) is 12.8 Å². The molecule has 0 aromatic heterocycles. The van der Waals surface area contributed by atoms with Crippen LogP contribution in [-0.2, 0) is 19.1 Å². The molecule has 0 bridgehead atoms. The predicted molar refractivity (Wildman–Crippen MR) is 205 cm³/mol. The van der Waals surface area contributed by atoms with Gasteiger partial charge in [-0.2, -0.15) is 0 Å². The molecule has 0 rings (SSSR count). The van der Waals surface area contributed by atoms with Gasteiger partial charge in [0.25, 0.3) is 0 Å². The normalized spacial score (nSPS) is 12.0. The minimum absolute atomic E-state index is 0.0566. The number of hydrogen-bond acceptors (Lipinski definition) is 5. The van der Waals surface area contributed by atoms with E-state index in [0.717, 1.165) is 32.1 Å². The fourth-order valence-electron chi connectivity index (χ4n) is 6.62. The predicted octanol–water partition coefficient (Wildman–Crippen LogP) is 13.5. The molecule has 0 aromatic carbocycles. The fraction of sp³-hybridized carbons (Fsp3) is 0.953. The molecule has 5 heteroatoms. The molecular formula is C43H84O5. The lowest BCUT2D eigenvalue weighted by Crippen LogP contribution is -2.28. The van der Waals surface area contributed by atoms with Gasteiger partial charge in [0.05, 0.1) is 6.61 Å². The number of esters is 2. The van der Waals surface area contributed by atoms with Crippen molar-refractivity contribution in [1.29, 1.82) is 0 Å². The van der Waals surface area contributed by atoms with Crippen molar-refractivity contribution in [3.05, 3.63) is 0 Å². The van der Waals surface area contributed by atoms with Crippen LogP contribution < -0.4 is 0 Å². The van der Waals surface area contributed by atoms with Crippen molar-refractivity contribution in [2.45, 2.75) is 251 Å². The monoisotopic (exact) mass is 681 g/mol. The van der Waals surface area contributed by atoms with Crippen LogP contribution in [0.1, 0.15) is 245 Å². The number of hydrogen-bond donors (Lipinski definition) is 1. The number of aliphatic hydroxyl groups excluding tert-OH is 1. The van der Waals surface area contributed by atoms with E-state index < -0.39 is 6.10 Å². The molecule has 0 aliphatic heterocycles. The maximum Gasteiger partial charge on any atom is 0.306 e. The van der Waals surface area contributed by atoms with Crippen molar-refractivity contribution in [2.24, 2.45) is 0 Å². The van der Waals surface area contributed by atoms with E-state index in [-0.39, 0.29) is 25.2 Å². The van der Waals surface area contributed by atoms with Gasteiger partial charge in [-0.15, -0.1) is 0 Å². The summed E-state index contributed by atoms with van der Waals surface area (Å²) >= 11 is 0. The summed E-state index contributed by atoms with van der Waals surface area (Å²) in [5, 5.41) is 9.57. The second-order valence-electron chi connectivity index (χ2n) is 14.8. The summed E-state index contributed by atoms with van der Waals surface area (Å²) in [6.45, 7) is 4.17. The molecule has 0 fully saturated rings. The third-order valence-electron chi connectivity index (χ3n) is 9.90. The van der Waals surface area contributed by atoms with E-state index in [1.165, 1.54) is 186 Å². The zero-order valence-corrected chi connectivity index (χ0v) is 32.5. The van der Waals surface area contributed by atoms with E-state index in [1.807, 2.05) is 0 Å². The molecule has 0 radical (unpaired) electrons. The number of aliphatic hydroxyl groups is 1. The zero-order valence-electron chi connectivity index (χ0n) is 32.5. The lowest BCUT2D eigenvalue weighted by atomic mass is 10.0. The highest BCUT2D eigenvalue weighted by Crippen LogP contribution is 2.16. The summed E-state index contributed by atoms with van der Waals surface area (Å²) < 4.78 is 10.6. The van der Waals surface area contributed by atoms with E-state index >= 15 is 0 Å². The maximum absolute atomic E-state index is 12.2. The average molecular weight is 681 g/mol. The van der Waals surface area contributed by atoms with Gasteiger partial charge in [0.2, 0.25) is 0 Å². The van der Waals surface area contributed by atoms with Crippen molar-refractivity contribution >= 4 is 11.9 Å². The van der Waals surface area contributed by atoms with Crippen LogP contribution in [0.4, 0.5) is 0 Å². The topological polar surface area (TPSA) is 72.8 Å². The van der Waals surface area contributed by atoms with Crippen LogP contribution in [0, 0.1) is 0 Å². The maximum atomic E-state index is 12.2. The molecule has 0 aliphatic rings. The lowest BCUT2D eigenvalue weighted by molar-refractivity contribution is -0.161. The molecule has 0 saturated carbocycles. The van der Waals surface area contributed by atoms with Crippen LogP contribution in [0.15, 0.2) is 0 Å². The largest absolute Gasteiger partial charge is 0.462 e. The summed E-state index contributed by atoms with van der Waals surface area (Å²) in [7, 11) is 0. The summed E-state index contributed by atoms with van der Waals surface area (Å²) in [5.74, 6) is -0.572. The molecule has 1 N–H and O–H groups in total. The van der Waals surface area contributed by atoms with Crippen LogP contribution in [-0.4, -0.2) is 36.4 Å². The van der Waals surface area contributed by atoms with Gasteiger partial charge in [-0.1, -0.05) is 219 Å². The Kier molecular flexibility index (Phi) is 39.4. The Morgan fingerprint density at radius 1 is 0.396 bits per heavy atom. The number of ether oxygens (including phenoxy) is 2. The van der Waals surface area contributed by atoms with E-state index in [0.29, 0.717) is 12.8 Å². The molecule has 5 nitrogen and oxygen atoms in total. The molecule has 0 aromatic rings. The molecule has 0 saturated heterocycles. The molecular weight excluding hydrogens is 596 g/mol. The SMILES string of the molecule is CCCCCCCCCCCCCCCCCCCCCCC(=O)OC(CO)COC(=O)CCCCCCCCCCCCCCCC. The molecule has 0 spiro atoms. The first kappa shape index (κ1) is 46.9. The highest BCUT2D eigenvalue weighted by molar-refractivity contribution is 5.70. The number of rotatable bonds is 40. The number of unbranched alkanes of at least 4 members (excludes halogenated alkanes) is 32. The van der Waals surface area contributed by atoms with Crippen molar-refractivity contribution in [2.75, 3.05) is 13.2 Å². The van der Waals surface area contributed by atoms with Gasteiger partial charge in [-0.05, 0) is 12.8 Å². The van der Waals surface area contributed by atoms with Crippen LogP contribution in [0.2, 0.25) is 0 Å². The van der Waals surface area contributed by atoms with Crippen LogP contribution in [0.5, 0.6) is 0 Å². The summed E-state index contributed by atoms with van der Waals surface area (Å²) in [4.78, 5) is 24.3. The molecule has 0 heterocycles. The standard InChI is InChI=1S/C43H84O5/c1-3-5-7-9-11-13-15-17-19-20-21-22-23-24-26-28-30-32-34-36-38-43(46)48-41(39-44)40-47-42(45)37-35-33-31-29-27-25-18-16-14-12-10-8-6-4-2/h41,44H,3-40H2,1-2H3. The Bertz CT molecular complexity index is 651. The van der Waals surface area contributed by atoms with Gasteiger partial charge in [0.15, 0.2) is 6.10 Å².